The summed E-state index contributed by atoms with van der Waals surface area (Å²) in [7, 11) is 1.73. The molecular formula is C15H24FNO. The van der Waals surface area contributed by atoms with E-state index in [9.17, 15) is 4.39 Å². The van der Waals surface area contributed by atoms with Crippen molar-refractivity contribution in [2.45, 2.75) is 45.8 Å². The van der Waals surface area contributed by atoms with E-state index in [0.717, 1.165) is 18.5 Å². The summed E-state index contributed by atoms with van der Waals surface area (Å²) in [6, 6.07) is 5.33. The predicted octanol–water partition coefficient (Wildman–Crippen LogP) is 3.60. The summed E-state index contributed by atoms with van der Waals surface area (Å²) in [6.45, 7) is 8.89. The highest BCUT2D eigenvalue weighted by Gasteiger charge is 2.33. The molecule has 0 amide bonds. The van der Waals surface area contributed by atoms with Crippen LogP contribution in [-0.2, 0) is 4.74 Å². The van der Waals surface area contributed by atoms with Crippen molar-refractivity contribution in [2.75, 3.05) is 13.7 Å². The Labute approximate surface area is 110 Å². The van der Waals surface area contributed by atoms with Crippen LogP contribution in [0.1, 0.15) is 44.4 Å². The molecule has 0 fully saturated rings. The topological polar surface area (TPSA) is 21.3 Å². The molecule has 18 heavy (non-hydrogen) atoms. The third-order valence-electron chi connectivity index (χ3n) is 3.70. The number of hydrogen-bond donors (Lipinski definition) is 1. The van der Waals surface area contributed by atoms with Crippen molar-refractivity contribution in [1.82, 2.24) is 5.32 Å². The number of nitrogens with one attached hydrogen (secondary N) is 1. The fourth-order valence-corrected chi connectivity index (χ4v) is 2.20. The summed E-state index contributed by atoms with van der Waals surface area (Å²) < 4.78 is 19.0. The number of rotatable bonds is 6. The second kappa shape index (κ2) is 6.30. The van der Waals surface area contributed by atoms with E-state index >= 15 is 0 Å². The van der Waals surface area contributed by atoms with Crippen LogP contribution >= 0.6 is 0 Å². The molecule has 0 radical (unpaired) electrons. The van der Waals surface area contributed by atoms with E-state index in [2.05, 4.69) is 26.1 Å². The molecular weight excluding hydrogens is 229 g/mol. The van der Waals surface area contributed by atoms with E-state index in [1.165, 1.54) is 6.07 Å². The lowest BCUT2D eigenvalue weighted by atomic mass is 9.87. The van der Waals surface area contributed by atoms with Gasteiger partial charge in [0, 0.05) is 7.11 Å². The molecule has 2 unspecified atom stereocenters. The van der Waals surface area contributed by atoms with Crippen molar-refractivity contribution in [1.29, 1.82) is 0 Å². The van der Waals surface area contributed by atoms with Crippen LogP contribution < -0.4 is 5.32 Å². The van der Waals surface area contributed by atoms with Gasteiger partial charge in [-0.1, -0.05) is 26.0 Å². The summed E-state index contributed by atoms with van der Waals surface area (Å²) in [5.41, 5.74) is 1.45. The van der Waals surface area contributed by atoms with Gasteiger partial charge >= 0.3 is 0 Å². The normalized spacial score (nSPS) is 16.3. The molecule has 1 aromatic carbocycles. The first-order valence-corrected chi connectivity index (χ1v) is 6.53. The van der Waals surface area contributed by atoms with Gasteiger partial charge in [0.2, 0.25) is 0 Å². The van der Waals surface area contributed by atoms with Crippen LogP contribution in [0, 0.1) is 12.7 Å². The van der Waals surface area contributed by atoms with Gasteiger partial charge in [0.25, 0.3) is 0 Å². The van der Waals surface area contributed by atoms with Crippen molar-refractivity contribution in [3.05, 3.63) is 35.1 Å². The fourth-order valence-electron chi connectivity index (χ4n) is 2.20. The number of hydrogen-bond acceptors (Lipinski definition) is 2. The lowest BCUT2D eigenvalue weighted by molar-refractivity contribution is -0.0296. The minimum absolute atomic E-state index is 0.0665. The molecule has 0 saturated heterocycles. The number of ether oxygens (including phenoxy) is 1. The van der Waals surface area contributed by atoms with Gasteiger partial charge in [0.15, 0.2) is 0 Å². The van der Waals surface area contributed by atoms with Gasteiger partial charge in [0.1, 0.15) is 5.82 Å². The lowest BCUT2D eigenvalue weighted by Gasteiger charge is -2.36. The molecule has 0 heterocycles. The fraction of sp³-hybridized carbons (Fsp3) is 0.600. The Morgan fingerprint density at radius 1 is 1.39 bits per heavy atom. The minimum atomic E-state index is -0.291. The Morgan fingerprint density at radius 3 is 2.50 bits per heavy atom. The van der Waals surface area contributed by atoms with Crippen molar-refractivity contribution in [2.24, 2.45) is 0 Å². The van der Waals surface area contributed by atoms with Crippen LogP contribution in [0.5, 0.6) is 0 Å². The van der Waals surface area contributed by atoms with Crippen molar-refractivity contribution in [3.63, 3.8) is 0 Å². The number of methoxy groups -OCH3 is 1. The van der Waals surface area contributed by atoms with Crippen LogP contribution in [0.2, 0.25) is 0 Å². The molecule has 0 aromatic heterocycles. The van der Waals surface area contributed by atoms with Crippen LogP contribution in [0.4, 0.5) is 4.39 Å². The van der Waals surface area contributed by atoms with Gasteiger partial charge in [0.05, 0.1) is 11.6 Å². The Kier molecular flexibility index (Phi) is 5.29. The van der Waals surface area contributed by atoms with E-state index in [0.29, 0.717) is 5.56 Å². The molecule has 2 nitrogen and oxygen atoms in total. The molecule has 0 spiro atoms. The highest BCUT2D eigenvalue weighted by Crippen LogP contribution is 2.32. The Morgan fingerprint density at radius 2 is 2.06 bits per heavy atom. The number of benzene rings is 1. The second-order valence-electron chi connectivity index (χ2n) is 4.87. The Hall–Kier alpha value is -0.930. The number of aryl methyl sites for hydroxylation is 1. The van der Waals surface area contributed by atoms with E-state index in [-0.39, 0.29) is 17.5 Å². The zero-order chi connectivity index (χ0) is 13.8. The first-order valence-electron chi connectivity index (χ1n) is 6.53. The zero-order valence-electron chi connectivity index (χ0n) is 12.0. The van der Waals surface area contributed by atoms with Crippen LogP contribution in [0.15, 0.2) is 18.2 Å². The number of halogens is 1. The molecule has 3 heteroatoms. The molecule has 0 aliphatic rings. The predicted molar refractivity (Wildman–Crippen MR) is 73.3 cm³/mol. The van der Waals surface area contributed by atoms with E-state index in [4.69, 9.17) is 4.74 Å². The van der Waals surface area contributed by atoms with E-state index in [1.807, 2.05) is 12.1 Å². The smallest absolute Gasteiger partial charge is 0.126 e. The second-order valence-corrected chi connectivity index (χ2v) is 4.87. The molecule has 0 aliphatic heterocycles. The maximum Gasteiger partial charge on any atom is 0.126 e. The number of likely N-dealkylation sites (N-methyl/N-ethyl adjacent to an activating group) is 1. The summed E-state index contributed by atoms with van der Waals surface area (Å²) in [6.07, 6.45) is 0.886. The van der Waals surface area contributed by atoms with E-state index in [1.54, 1.807) is 14.0 Å². The van der Waals surface area contributed by atoms with Gasteiger partial charge in [-0.15, -0.1) is 0 Å². The van der Waals surface area contributed by atoms with Crippen molar-refractivity contribution >= 4 is 0 Å². The first-order chi connectivity index (χ1) is 8.48. The van der Waals surface area contributed by atoms with Gasteiger partial charge in [-0.25, -0.2) is 4.39 Å². The lowest BCUT2D eigenvalue weighted by Crippen LogP contribution is -2.42. The van der Waals surface area contributed by atoms with Crippen LogP contribution in [-0.4, -0.2) is 19.3 Å². The van der Waals surface area contributed by atoms with Crippen LogP contribution in [0.3, 0.4) is 0 Å². The molecule has 2 atom stereocenters. The van der Waals surface area contributed by atoms with Crippen molar-refractivity contribution < 1.29 is 9.13 Å². The minimum Gasteiger partial charge on any atom is -0.377 e. The van der Waals surface area contributed by atoms with Crippen LogP contribution in [0.25, 0.3) is 0 Å². The van der Waals surface area contributed by atoms with Gasteiger partial charge in [-0.2, -0.15) is 0 Å². The van der Waals surface area contributed by atoms with Gasteiger partial charge < -0.3 is 10.1 Å². The maximum absolute atomic E-state index is 13.4. The SMILES string of the molecule is CCNC(c1ccc(F)c(C)c1)C(C)(CC)OC. The highest BCUT2D eigenvalue weighted by atomic mass is 19.1. The largest absolute Gasteiger partial charge is 0.377 e. The summed E-state index contributed by atoms with van der Waals surface area (Å²) >= 11 is 0. The quantitative estimate of drug-likeness (QED) is 0.836. The highest BCUT2D eigenvalue weighted by molar-refractivity contribution is 5.28. The average Bonchev–Trinajstić information content (AvgIpc) is 2.38. The summed E-state index contributed by atoms with van der Waals surface area (Å²) in [4.78, 5) is 0. The molecule has 1 rings (SSSR count). The van der Waals surface area contributed by atoms with E-state index < -0.39 is 0 Å². The van der Waals surface area contributed by atoms with Gasteiger partial charge in [-0.05, 0) is 44.0 Å². The van der Waals surface area contributed by atoms with Gasteiger partial charge in [-0.3, -0.25) is 0 Å². The molecule has 0 saturated carbocycles. The zero-order valence-corrected chi connectivity index (χ0v) is 12.0. The molecule has 1 N–H and O–H groups in total. The maximum atomic E-state index is 13.4. The van der Waals surface area contributed by atoms with Crippen molar-refractivity contribution in [3.8, 4) is 0 Å². The molecule has 0 bridgehead atoms. The summed E-state index contributed by atoms with van der Waals surface area (Å²) in [5, 5.41) is 3.44. The monoisotopic (exact) mass is 253 g/mol. The molecule has 102 valence electrons. The first kappa shape index (κ1) is 15.1. The standard InChI is InChI=1S/C15H24FNO/c1-6-15(4,18-5)14(17-7-2)12-8-9-13(16)11(3)10-12/h8-10,14,17H,6-7H2,1-5H3. The Bertz CT molecular complexity index is 388. The average molecular weight is 253 g/mol. The third-order valence-corrected chi connectivity index (χ3v) is 3.70. The molecule has 0 aliphatic carbocycles. The Balaban J connectivity index is 3.14. The summed E-state index contributed by atoms with van der Waals surface area (Å²) in [5.74, 6) is -0.162. The third kappa shape index (κ3) is 3.09. The molecule has 1 aromatic rings.